The number of hydrogen-bond acceptors (Lipinski definition) is 5. The summed E-state index contributed by atoms with van der Waals surface area (Å²) in [6.07, 6.45) is 1.94. The van der Waals surface area contributed by atoms with Crippen LogP contribution in [0.15, 0.2) is 79.1 Å². The molecule has 0 fully saturated rings. The molecule has 3 aromatic carbocycles. The predicted octanol–water partition coefficient (Wildman–Crippen LogP) is 3.77. The van der Waals surface area contributed by atoms with Crippen molar-refractivity contribution in [2.75, 3.05) is 7.05 Å². The lowest BCUT2D eigenvalue weighted by molar-refractivity contribution is 0.0965. The number of amides is 1. The number of imidazole rings is 1. The predicted molar refractivity (Wildman–Crippen MR) is 135 cm³/mol. The van der Waals surface area contributed by atoms with Gasteiger partial charge in [-0.1, -0.05) is 54.6 Å². The summed E-state index contributed by atoms with van der Waals surface area (Å²) in [4.78, 5) is 29.5. The molecule has 7 nitrogen and oxygen atoms in total. The Hall–Kier alpha value is -4.07. The summed E-state index contributed by atoms with van der Waals surface area (Å²) in [6.45, 7) is 1.27. The number of nitrogens with two attached hydrogens (primary N) is 1. The Morgan fingerprint density at radius 1 is 1.11 bits per heavy atom. The summed E-state index contributed by atoms with van der Waals surface area (Å²) >= 11 is 0. The molecule has 1 unspecified atom stereocenters. The number of ketones is 1. The summed E-state index contributed by atoms with van der Waals surface area (Å²) in [6, 6.07) is 23.6. The van der Waals surface area contributed by atoms with Crippen LogP contribution in [0.25, 0.3) is 16.8 Å². The van der Waals surface area contributed by atoms with Gasteiger partial charge in [0.1, 0.15) is 12.0 Å². The maximum absolute atomic E-state index is 13.4. The van der Waals surface area contributed by atoms with Crippen molar-refractivity contribution in [2.45, 2.75) is 25.6 Å². The number of fused-ring (bicyclic) bond motifs is 1. The monoisotopic (exact) mass is 465 g/mol. The van der Waals surface area contributed by atoms with Crippen LogP contribution in [0.1, 0.15) is 50.1 Å². The number of hydrogen-bond donors (Lipinski definition) is 3. The van der Waals surface area contributed by atoms with Gasteiger partial charge in [0.05, 0.1) is 5.69 Å². The van der Waals surface area contributed by atoms with Gasteiger partial charge < -0.3 is 16.4 Å². The first-order chi connectivity index (χ1) is 17.0. The Morgan fingerprint density at radius 2 is 1.91 bits per heavy atom. The molecule has 0 radical (unpaired) electrons. The Balaban J connectivity index is 1.40. The molecule has 1 aliphatic heterocycles. The van der Waals surface area contributed by atoms with E-state index < -0.39 is 5.91 Å². The van der Waals surface area contributed by atoms with E-state index in [2.05, 4.69) is 52.0 Å². The standard InChI is InChI=1S/C28H27N5O2/c1-30-15-21-5-2-3-8-23(21)18-9-11-19(12-10-18)24-14-26(34)27-25(16-31-24)32-17-33(27)22-7-4-6-20(13-22)28(29)35/h2-13,17,24,30-31H,14-16H2,1H3,(H2,29,35). The number of carbonyl (C=O) groups is 2. The van der Waals surface area contributed by atoms with Crippen LogP contribution in [-0.4, -0.2) is 28.3 Å². The first-order valence-corrected chi connectivity index (χ1v) is 11.6. The minimum absolute atomic E-state index is 0.000389. The van der Waals surface area contributed by atoms with Gasteiger partial charge in [0.25, 0.3) is 0 Å². The number of Topliss-reactive ketones (excluding diaryl/α,β-unsaturated/α-hetero) is 1. The number of benzene rings is 3. The van der Waals surface area contributed by atoms with Gasteiger partial charge in [-0.15, -0.1) is 0 Å². The molecule has 1 aliphatic rings. The van der Waals surface area contributed by atoms with E-state index in [4.69, 9.17) is 5.73 Å². The fraction of sp³-hybridized carbons (Fsp3) is 0.179. The van der Waals surface area contributed by atoms with Crippen LogP contribution in [0.3, 0.4) is 0 Å². The molecule has 2 heterocycles. The average Bonchev–Trinajstić information content (AvgIpc) is 3.24. The third-order valence-corrected chi connectivity index (χ3v) is 6.43. The van der Waals surface area contributed by atoms with E-state index >= 15 is 0 Å². The average molecular weight is 466 g/mol. The van der Waals surface area contributed by atoms with E-state index in [1.807, 2.05) is 25.2 Å². The largest absolute Gasteiger partial charge is 0.366 e. The molecule has 0 aliphatic carbocycles. The Kier molecular flexibility index (Phi) is 6.27. The first kappa shape index (κ1) is 22.7. The number of nitrogens with zero attached hydrogens (tertiary/aromatic N) is 2. The molecule has 4 aromatic rings. The van der Waals surface area contributed by atoms with Crippen molar-refractivity contribution in [1.82, 2.24) is 20.2 Å². The minimum atomic E-state index is -0.511. The van der Waals surface area contributed by atoms with Gasteiger partial charge >= 0.3 is 0 Å². The second kappa shape index (κ2) is 9.66. The molecule has 5 rings (SSSR count). The highest BCUT2D eigenvalue weighted by Crippen LogP contribution is 2.29. The van der Waals surface area contributed by atoms with E-state index in [1.165, 1.54) is 11.1 Å². The van der Waals surface area contributed by atoms with Crippen molar-refractivity contribution in [3.05, 3.63) is 107 Å². The molecular formula is C28H27N5O2. The van der Waals surface area contributed by atoms with E-state index in [0.717, 1.165) is 17.7 Å². The molecule has 176 valence electrons. The van der Waals surface area contributed by atoms with Crippen LogP contribution in [-0.2, 0) is 13.1 Å². The van der Waals surface area contributed by atoms with Gasteiger partial charge in [0, 0.05) is 36.8 Å². The van der Waals surface area contributed by atoms with Crippen LogP contribution >= 0.6 is 0 Å². The van der Waals surface area contributed by atoms with Crippen LogP contribution in [0.5, 0.6) is 0 Å². The summed E-state index contributed by atoms with van der Waals surface area (Å²) in [5, 5.41) is 6.71. The Morgan fingerprint density at radius 3 is 2.69 bits per heavy atom. The van der Waals surface area contributed by atoms with E-state index in [1.54, 1.807) is 29.1 Å². The van der Waals surface area contributed by atoms with Crippen molar-refractivity contribution < 1.29 is 9.59 Å². The third-order valence-electron chi connectivity index (χ3n) is 6.43. The molecule has 1 amide bonds. The highest BCUT2D eigenvalue weighted by molar-refractivity contribution is 5.97. The normalized spacial score (nSPS) is 15.5. The van der Waals surface area contributed by atoms with Crippen molar-refractivity contribution >= 4 is 11.7 Å². The SMILES string of the molecule is CNCc1ccccc1-c1ccc(C2CC(=O)c3c(ncn3-c3cccc(C(N)=O)c3)CN2)cc1. The lowest BCUT2D eigenvalue weighted by Gasteiger charge is -2.17. The van der Waals surface area contributed by atoms with Crippen molar-refractivity contribution in [3.8, 4) is 16.8 Å². The smallest absolute Gasteiger partial charge is 0.248 e. The fourth-order valence-electron chi connectivity index (χ4n) is 4.67. The van der Waals surface area contributed by atoms with Crippen LogP contribution < -0.4 is 16.4 Å². The highest BCUT2D eigenvalue weighted by atomic mass is 16.1. The molecule has 1 aromatic heterocycles. The van der Waals surface area contributed by atoms with E-state index in [-0.39, 0.29) is 11.8 Å². The highest BCUT2D eigenvalue weighted by Gasteiger charge is 2.28. The number of rotatable bonds is 6. The lowest BCUT2D eigenvalue weighted by Crippen LogP contribution is -2.20. The topological polar surface area (TPSA) is 102 Å². The molecule has 0 saturated carbocycles. The quantitative estimate of drug-likeness (QED) is 0.402. The summed E-state index contributed by atoms with van der Waals surface area (Å²) in [7, 11) is 1.94. The Labute approximate surface area is 204 Å². The molecule has 0 spiro atoms. The van der Waals surface area contributed by atoms with Crippen molar-refractivity contribution in [1.29, 1.82) is 0 Å². The van der Waals surface area contributed by atoms with Crippen LogP contribution in [0.2, 0.25) is 0 Å². The van der Waals surface area contributed by atoms with E-state index in [0.29, 0.717) is 35.6 Å². The first-order valence-electron chi connectivity index (χ1n) is 11.6. The zero-order valence-electron chi connectivity index (χ0n) is 19.5. The van der Waals surface area contributed by atoms with Gasteiger partial charge in [-0.05, 0) is 47.5 Å². The van der Waals surface area contributed by atoms with Gasteiger partial charge in [0.15, 0.2) is 5.78 Å². The molecule has 35 heavy (non-hydrogen) atoms. The second-order valence-electron chi connectivity index (χ2n) is 8.69. The van der Waals surface area contributed by atoms with Gasteiger partial charge in [-0.3, -0.25) is 14.2 Å². The van der Waals surface area contributed by atoms with Crippen molar-refractivity contribution in [3.63, 3.8) is 0 Å². The van der Waals surface area contributed by atoms with Gasteiger partial charge in [-0.2, -0.15) is 0 Å². The fourth-order valence-corrected chi connectivity index (χ4v) is 4.67. The molecule has 0 saturated heterocycles. The zero-order valence-corrected chi connectivity index (χ0v) is 19.5. The summed E-state index contributed by atoms with van der Waals surface area (Å²) < 4.78 is 1.75. The van der Waals surface area contributed by atoms with Gasteiger partial charge in [0.2, 0.25) is 5.91 Å². The molecule has 1 atom stereocenters. The van der Waals surface area contributed by atoms with Crippen LogP contribution in [0, 0.1) is 0 Å². The number of aromatic nitrogens is 2. The molecule has 0 bridgehead atoms. The second-order valence-corrected chi connectivity index (χ2v) is 8.69. The molecule has 7 heteroatoms. The van der Waals surface area contributed by atoms with Crippen molar-refractivity contribution in [2.24, 2.45) is 5.73 Å². The Bertz CT molecular complexity index is 1390. The third kappa shape index (κ3) is 4.51. The maximum Gasteiger partial charge on any atom is 0.248 e. The number of nitrogens with one attached hydrogen (secondary N) is 2. The summed E-state index contributed by atoms with van der Waals surface area (Å²) in [5.74, 6) is -0.511. The van der Waals surface area contributed by atoms with Crippen LogP contribution in [0.4, 0.5) is 0 Å². The van der Waals surface area contributed by atoms with Gasteiger partial charge in [-0.25, -0.2) is 4.98 Å². The lowest BCUT2D eigenvalue weighted by atomic mass is 9.95. The minimum Gasteiger partial charge on any atom is -0.366 e. The maximum atomic E-state index is 13.4. The molecule has 4 N–H and O–H groups in total. The number of primary amides is 1. The molecular weight excluding hydrogens is 438 g/mol. The number of carbonyl (C=O) groups excluding carboxylic acids is 2. The summed E-state index contributed by atoms with van der Waals surface area (Å²) in [5.41, 5.74) is 12.4. The zero-order chi connectivity index (χ0) is 24.4. The van der Waals surface area contributed by atoms with E-state index in [9.17, 15) is 9.59 Å².